The van der Waals surface area contributed by atoms with Gasteiger partial charge in [0.25, 0.3) is 0 Å². The van der Waals surface area contributed by atoms with E-state index in [4.69, 9.17) is 10.5 Å². The molecular weight excluding hydrogens is 194 g/mol. The molecule has 0 aliphatic rings. The number of rotatable bonds is 4. The van der Waals surface area contributed by atoms with Crippen LogP contribution in [0.2, 0.25) is 0 Å². The smallest absolute Gasteiger partial charge is 0.314 e. The van der Waals surface area contributed by atoms with Crippen molar-refractivity contribution >= 4 is 5.97 Å². The van der Waals surface area contributed by atoms with Gasteiger partial charge in [0, 0.05) is 6.54 Å². The van der Waals surface area contributed by atoms with Crippen LogP contribution in [0.3, 0.4) is 0 Å². The average Bonchev–Trinajstić information content (AvgIpc) is 2.30. The molecule has 0 aliphatic heterocycles. The summed E-state index contributed by atoms with van der Waals surface area (Å²) < 4.78 is 9.74. The topological polar surface area (TPSA) is 61.5 Å². The maximum Gasteiger partial charge on any atom is 0.314 e. The molecule has 2 N–H and O–H groups in total. The largest absolute Gasteiger partial charge is 0.497 e. The molecule has 82 valence electrons. The highest BCUT2D eigenvalue weighted by Gasteiger charge is 2.19. The molecule has 0 spiro atoms. The van der Waals surface area contributed by atoms with Gasteiger partial charge >= 0.3 is 5.97 Å². The van der Waals surface area contributed by atoms with Crippen molar-refractivity contribution in [3.8, 4) is 5.75 Å². The molecule has 0 saturated heterocycles. The molecule has 0 amide bonds. The lowest BCUT2D eigenvalue weighted by Crippen LogP contribution is -2.22. The van der Waals surface area contributed by atoms with Gasteiger partial charge in [-0.2, -0.15) is 0 Å². The summed E-state index contributed by atoms with van der Waals surface area (Å²) in [6.07, 6.45) is 0. The summed E-state index contributed by atoms with van der Waals surface area (Å²) in [7, 11) is 2.93. The zero-order valence-corrected chi connectivity index (χ0v) is 8.90. The van der Waals surface area contributed by atoms with Gasteiger partial charge in [-0.05, 0) is 17.7 Å². The highest BCUT2D eigenvalue weighted by atomic mass is 16.5. The number of carbonyl (C=O) groups is 1. The van der Waals surface area contributed by atoms with Gasteiger partial charge in [-0.1, -0.05) is 12.1 Å². The summed E-state index contributed by atoms with van der Waals surface area (Å²) >= 11 is 0. The lowest BCUT2D eigenvalue weighted by atomic mass is 9.99. The molecule has 0 heterocycles. The summed E-state index contributed by atoms with van der Waals surface area (Å²) in [5.41, 5.74) is 6.34. The van der Waals surface area contributed by atoms with E-state index in [1.165, 1.54) is 7.11 Å². The SMILES string of the molecule is COC(=O)[C@H](CN)c1cccc(OC)c1. The van der Waals surface area contributed by atoms with E-state index in [9.17, 15) is 4.79 Å². The molecule has 0 aliphatic carbocycles. The Hall–Kier alpha value is -1.55. The lowest BCUT2D eigenvalue weighted by molar-refractivity contribution is -0.142. The van der Waals surface area contributed by atoms with Gasteiger partial charge in [-0.25, -0.2) is 0 Å². The number of hydrogen-bond donors (Lipinski definition) is 1. The van der Waals surface area contributed by atoms with Crippen LogP contribution >= 0.6 is 0 Å². The third kappa shape index (κ3) is 2.70. The molecule has 4 nitrogen and oxygen atoms in total. The Kier molecular flexibility index (Phi) is 4.12. The summed E-state index contributed by atoms with van der Waals surface area (Å²) in [6, 6.07) is 7.25. The second-order valence-corrected chi connectivity index (χ2v) is 3.09. The van der Waals surface area contributed by atoms with Gasteiger partial charge in [-0.15, -0.1) is 0 Å². The number of nitrogens with two attached hydrogens (primary N) is 1. The first-order valence-electron chi connectivity index (χ1n) is 4.64. The Labute approximate surface area is 89.0 Å². The van der Waals surface area contributed by atoms with Crippen molar-refractivity contribution in [3.63, 3.8) is 0 Å². The summed E-state index contributed by atoms with van der Waals surface area (Å²) in [5.74, 6) is -0.0503. The number of carbonyl (C=O) groups excluding carboxylic acids is 1. The van der Waals surface area contributed by atoms with Crippen LogP contribution in [-0.2, 0) is 9.53 Å². The van der Waals surface area contributed by atoms with Crippen molar-refractivity contribution < 1.29 is 14.3 Å². The zero-order valence-electron chi connectivity index (χ0n) is 8.90. The molecule has 0 unspecified atom stereocenters. The Balaban J connectivity index is 2.96. The van der Waals surface area contributed by atoms with Crippen molar-refractivity contribution in [1.29, 1.82) is 0 Å². The van der Waals surface area contributed by atoms with E-state index in [0.717, 1.165) is 5.56 Å². The maximum absolute atomic E-state index is 11.4. The molecule has 15 heavy (non-hydrogen) atoms. The molecule has 0 saturated carbocycles. The monoisotopic (exact) mass is 209 g/mol. The number of methoxy groups -OCH3 is 2. The first-order chi connectivity index (χ1) is 7.22. The number of benzene rings is 1. The predicted octanol–water partition coefficient (Wildman–Crippen LogP) is 0.910. The highest BCUT2D eigenvalue weighted by molar-refractivity contribution is 5.78. The molecule has 0 radical (unpaired) electrons. The molecule has 1 rings (SSSR count). The van der Waals surface area contributed by atoms with E-state index in [2.05, 4.69) is 4.74 Å². The van der Waals surface area contributed by atoms with Gasteiger partial charge in [0.2, 0.25) is 0 Å². The molecular formula is C11H15NO3. The van der Waals surface area contributed by atoms with Gasteiger partial charge < -0.3 is 15.2 Å². The van der Waals surface area contributed by atoms with E-state index in [-0.39, 0.29) is 12.5 Å². The Morgan fingerprint density at radius 2 is 2.20 bits per heavy atom. The fourth-order valence-corrected chi connectivity index (χ4v) is 1.37. The Bertz CT molecular complexity index is 338. The molecule has 0 fully saturated rings. The minimum absolute atomic E-state index is 0.222. The summed E-state index contributed by atoms with van der Waals surface area (Å²) in [6.45, 7) is 0.222. The maximum atomic E-state index is 11.4. The van der Waals surface area contributed by atoms with E-state index in [1.54, 1.807) is 13.2 Å². The third-order valence-electron chi connectivity index (χ3n) is 2.22. The summed E-state index contributed by atoms with van der Waals surface area (Å²) in [4.78, 5) is 11.4. The van der Waals surface area contributed by atoms with Gasteiger partial charge in [0.15, 0.2) is 0 Å². The first-order valence-corrected chi connectivity index (χ1v) is 4.64. The van der Waals surface area contributed by atoms with Crippen molar-refractivity contribution in [3.05, 3.63) is 29.8 Å². The van der Waals surface area contributed by atoms with E-state index >= 15 is 0 Å². The highest BCUT2D eigenvalue weighted by Crippen LogP contribution is 2.21. The predicted molar refractivity (Wildman–Crippen MR) is 56.8 cm³/mol. The average molecular weight is 209 g/mol. The summed E-state index contributed by atoms with van der Waals surface area (Å²) in [5, 5.41) is 0. The second kappa shape index (κ2) is 5.36. The molecule has 1 aromatic rings. The molecule has 4 heteroatoms. The second-order valence-electron chi connectivity index (χ2n) is 3.09. The van der Waals surface area contributed by atoms with E-state index < -0.39 is 5.92 Å². The molecule has 0 aromatic heterocycles. The fourth-order valence-electron chi connectivity index (χ4n) is 1.37. The van der Waals surface area contributed by atoms with Gasteiger partial charge in [0.1, 0.15) is 5.75 Å². The van der Waals surface area contributed by atoms with Gasteiger partial charge in [0.05, 0.1) is 20.1 Å². The minimum atomic E-state index is -0.426. The zero-order chi connectivity index (χ0) is 11.3. The number of ether oxygens (including phenoxy) is 2. The lowest BCUT2D eigenvalue weighted by Gasteiger charge is -2.13. The molecule has 1 atom stereocenters. The van der Waals surface area contributed by atoms with Gasteiger partial charge in [-0.3, -0.25) is 4.79 Å². The number of hydrogen-bond acceptors (Lipinski definition) is 4. The van der Waals surface area contributed by atoms with Crippen LogP contribution in [-0.4, -0.2) is 26.7 Å². The third-order valence-corrected chi connectivity index (χ3v) is 2.22. The van der Waals surface area contributed by atoms with Crippen molar-refractivity contribution in [2.24, 2.45) is 5.73 Å². The first kappa shape index (κ1) is 11.5. The number of esters is 1. The van der Waals surface area contributed by atoms with Crippen LogP contribution in [0.1, 0.15) is 11.5 Å². The Morgan fingerprint density at radius 1 is 1.47 bits per heavy atom. The van der Waals surface area contributed by atoms with Crippen LogP contribution in [0.5, 0.6) is 5.75 Å². The van der Waals surface area contributed by atoms with Crippen LogP contribution in [0.25, 0.3) is 0 Å². The van der Waals surface area contributed by atoms with E-state index in [1.807, 2.05) is 18.2 Å². The van der Waals surface area contributed by atoms with Crippen molar-refractivity contribution in [2.75, 3.05) is 20.8 Å². The Morgan fingerprint density at radius 3 is 2.73 bits per heavy atom. The standard InChI is InChI=1S/C11H15NO3/c1-14-9-5-3-4-8(6-9)10(7-12)11(13)15-2/h3-6,10H,7,12H2,1-2H3/t10-/m1/s1. The molecule has 0 bridgehead atoms. The minimum Gasteiger partial charge on any atom is -0.497 e. The van der Waals surface area contributed by atoms with Crippen molar-refractivity contribution in [2.45, 2.75) is 5.92 Å². The fraction of sp³-hybridized carbons (Fsp3) is 0.364. The van der Waals surface area contributed by atoms with Crippen LogP contribution < -0.4 is 10.5 Å². The van der Waals surface area contributed by atoms with E-state index in [0.29, 0.717) is 5.75 Å². The van der Waals surface area contributed by atoms with Crippen LogP contribution in [0.15, 0.2) is 24.3 Å². The van der Waals surface area contributed by atoms with Crippen molar-refractivity contribution in [1.82, 2.24) is 0 Å². The normalized spacial score (nSPS) is 11.9. The molecule has 1 aromatic carbocycles. The van der Waals surface area contributed by atoms with Crippen LogP contribution in [0.4, 0.5) is 0 Å². The van der Waals surface area contributed by atoms with Crippen LogP contribution in [0, 0.1) is 0 Å². The quantitative estimate of drug-likeness (QED) is 0.749.